The molecule has 0 atom stereocenters. The lowest BCUT2D eigenvalue weighted by Crippen LogP contribution is -1.95. The molecule has 0 fully saturated rings. The van der Waals surface area contributed by atoms with Crippen molar-refractivity contribution in [3.63, 3.8) is 0 Å². The van der Waals surface area contributed by atoms with Crippen LogP contribution >= 0.6 is 0 Å². The predicted octanol–water partition coefficient (Wildman–Crippen LogP) is 1.47. The zero-order chi connectivity index (χ0) is 12.8. The average molecular weight is 236 g/mol. The number of hydrogen-bond acceptors (Lipinski definition) is 5. The molecule has 0 aliphatic carbocycles. The number of benzene rings is 1. The van der Waals surface area contributed by atoms with Gasteiger partial charge in [0, 0.05) is 6.07 Å². The Balaban J connectivity index is 3.20. The highest BCUT2D eigenvalue weighted by Crippen LogP contribution is 2.30. The van der Waals surface area contributed by atoms with Gasteiger partial charge in [-0.05, 0) is 24.6 Å². The Morgan fingerprint density at radius 3 is 2.71 bits per heavy atom. The number of phenolic OH excluding ortho intramolecular Hbond substituents is 1. The molecule has 0 amide bonds. The summed E-state index contributed by atoms with van der Waals surface area (Å²) in [4.78, 5) is 20.6. The number of rotatable bonds is 5. The first kappa shape index (κ1) is 12.9. The molecule has 1 aromatic carbocycles. The fourth-order valence-corrected chi connectivity index (χ4v) is 1.30. The van der Waals surface area contributed by atoms with Gasteiger partial charge in [-0.25, -0.2) is 0 Å². The second-order valence-corrected chi connectivity index (χ2v) is 3.33. The van der Waals surface area contributed by atoms with Crippen LogP contribution in [0.3, 0.4) is 0 Å². The highest BCUT2D eigenvalue weighted by molar-refractivity contribution is 5.83. The van der Waals surface area contributed by atoms with Crippen molar-refractivity contribution in [2.75, 3.05) is 6.54 Å². The second kappa shape index (κ2) is 5.76. The number of aldehydes is 1. The normalized spacial score (nSPS) is 10.6. The molecule has 0 radical (unpaired) electrons. The quantitative estimate of drug-likeness (QED) is 0.457. The van der Waals surface area contributed by atoms with E-state index in [0.29, 0.717) is 24.8 Å². The summed E-state index contributed by atoms with van der Waals surface area (Å²) in [7, 11) is 0. The minimum Gasteiger partial charge on any atom is -0.502 e. The topological polar surface area (TPSA) is 106 Å². The molecule has 6 heteroatoms. The molecular weight excluding hydrogens is 224 g/mol. The molecule has 0 bridgehead atoms. The molecule has 0 saturated heterocycles. The van der Waals surface area contributed by atoms with Gasteiger partial charge in [-0.1, -0.05) is 12.2 Å². The maximum atomic E-state index is 10.7. The molecule has 0 saturated carbocycles. The Morgan fingerprint density at radius 1 is 1.47 bits per heavy atom. The van der Waals surface area contributed by atoms with Gasteiger partial charge in [-0.15, -0.1) is 0 Å². The van der Waals surface area contributed by atoms with E-state index in [1.54, 1.807) is 12.2 Å². The van der Waals surface area contributed by atoms with Crippen LogP contribution in [0.5, 0.6) is 5.75 Å². The van der Waals surface area contributed by atoms with Crippen LogP contribution in [-0.2, 0) is 0 Å². The van der Waals surface area contributed by atoms with Gasteiger partial charge in [0.05, 0.1) is 10.5 Å². The van der Waals surface area contributed by atoms with Crippen molar-refractivity contribution in [3.05, 3.63) is 39.4 Å². The summed E-state index contributed by atoms with van der Waals surface area (Å²) in [5.41, 5.74) is 5.18. The molecule has 0 aromatic heterocycles. The Morgan fingerprint density at radius 2 is 2.18 bits per heavy atom. The van der Waals surface area contributed by atoms with E-state index in [4.69, 9.17) is 5.73 Å². The third kappa shape index (κ3) is 3.12. The summed E-state index contributed by atoms with van der Waals surface area (Å²) in [5, 5.41) is 20.1. The Hall–Kier alpha value is -2.21. The van der Waals surface area contributed by atoms with Crippen molar-refractivity contribution >= 4 is 18.0 Å². The third-order valence-electron chi connectivity index (χ3n) is 2.11. The van der Waals surface area contributed by atoms with Gasteiger partial charge in [0.25, 0.3) is 0 Å². The molecule has 0 heterocycles. The van der Waals surface area contributed by atoms with Crippen molar-refractivity contribution in [2.45, 2.75) is 6.42 Å². The molecule has 0 spiro atoms. The number of nitrogens with two attached hydrogens (primary N) is 1. The molecule has 1 aromatic rings. The van der Waals surface area contributed by atoms with E-state index in [9.17, 15) is 20.0 Å². The minimum atomic E-state index is -0.734. The molecule has 0 aliphatic heterocycles. The van der Waals surface area contributed by atoms with Gasteiger partial charge in [-0.2, -0.15) is 0 Å². The van der Waals surface area contributed by atoms with Crippen LogP contribution < -0.4 is 5.73 Å². The molecule has 3 N–H and O–H groups in total. The van der Waals surface area contributed by atoms with E-state index in [1.165, 1.54) is 12.1 Å². The van der Waals surface area contributed by atoms with E-state index in [1.807, 2.05) is 0 Å². The lowest BCUT2D eigenvalue weighted by atomic mass is 10.1. The molecule has 0 aliphatic rings. The van der Waals surface area contributed by atoms with E-state index in [2.05, 4.69) is 0 Å². The molecule has 0 unspecified atom stereocenters. The first-order valence-corrected chi connectivity index (χ1v) is 4.93. The standard InChI is InChI=1S/C11H12N2O4/c12-4-2-1-3-8-5-9(7-14)11(15)10(6-8)13(16)17/h1,3,5-7,15H,2,4,12H2. The second-order valence-electron chi connectivity index (χ2n) is 3.33. The lowest BCUT2D eigenvalue weighted by Gasteiger charge is -2.01. The van der Waals surface area contributed by atoms with Gasteiger partial charge in [0.15, 0.2) is 6.29 Å². The van der Waals surface area contributed by atoms with E-state index in [-0.39, 0.29) is 5.56 Å². The number of phenols is 1. The van der Waals surface area contributed by atoms with Crippen LogP contribution in [0.1, 0.15) is 22.3 Å². The number of nitrogens with zero attached hydrogens (tertiary/aromatic N) is 1. The van der Waals surface area contributed by atoms with Gasteiger partial charge in [0.2, 0.25) is 5.75 Å². The molecule has 90 valence electrons. The Labute approximate surface area is 97.5 Å². The van der Waals surface area contributed by atoms with E-state index < -0.39 is 16.4 Å². The van der Waals surface area contributed by atoms with Crippen LogP contribution in [0, 0.1) is 10.1 Å². The maximum absolute atomic E-state index is 10.7. The monoisotopic (exact) mass is 236 g/mol. The number of hydrogen-bond donors (Lipinski definition) is 2. The van der Waals surface area contributed by atoms with Crippen LogP contribution in [0.4, 0.5) is 5.69 Å². The van der Waals surface area contributed by atoms with Crippen LogP contribution in [0.15, 0.2) is 18.2 Å². The number of nitro benzene ring substituents is 1. The highest BCUT2D eigenvalue weighted by Gasteiger charge is 2.17. The van der Waals surface area contributed by atoms with E-state index >= 15 is 0 Å². The summed E-state index contributed by atoms with van der Waals surface area (Å²) in [6.07, 6.45) is 4.37. The predicted molar refractivity (Wildman–Crippen MR) is 62.9 cm³/mol. The Kier molecular flexibility index (Phi) is 4.36. The van der Waals surface area contributed by atoms with Crippen LogP contribution in [0.25, 0.3) is 6.08 Å². The SMILES string of the molecule is NCCC=Cc1cc(C=O)c(O)c([N+](=O)[O-])c1. The van der Waals surface area contributed by atoms with Gasteiger partial charge in [0.1, 0.15) is 0 Å². The number of nitro groups is 1. The van der Waals surface area contributed by atoms with Crippen LogP contribution in [0.2, 0.25) is 0 Å². The fourth-order valence-electron chi connectivity index (χ4n) is 1.30. The van der Waals surface area contributed by atoms with Crippen molar-refractivity contribution in [2.24, 2.45) is 5.73 Å². The number of aromatic hydroxyl groups is 1. The largest absolute Gasteiger partial charge is 0.502 e. The summed E-state index contributed by atoms with van der Waals surface area (Å²) in [6, 6.07) is 2.58. The van der Waals surface area contributed by atoms with Crippen molar-refractivity contribution in [1.29, 1.82) is 0 Å². The zero-order valence-corrected chi connectivity index (χ0v) is 9.00. The third-order valence-corrected chi connectivity index (χ3v) is 2.11. The summed E-state index contributed by atoms with van der Waals surface area (Å²) < 4.78 is 0. The lowest BCUT2D eigenvalue weighted by molar-refractivity contribution is -0.385. The fraction of sp³-hybridized carbons (Fsp3) is 0.182. The highest BCUT2D eigenvalue weighted by atomic mass is 16.6. The molecule has 17 heavy (non-hydrogen) atoms. The van der Waals surface area contributed by atoms with E-state index in [0.717, 1.165) is 0 Å². The van der Waals surface area contributed by atoms with Crippen molar-refractivity contribution in [3.8, 4) is 5.75 Å². The molecule has 1 rings (SSSR count). The maximum Gasteiger partial charge on any atom is 0.312 e. The smallest absolute Gasteiger partial charge is 0.312 e. The minimum absolute atomic E-state index is 0.105. The summed E-state index contributed by atoms with van der Waals surface area (Å²) in [5.74, 6) is -0.610. The Bertz CT molecular complexity index is 469. The first-order valence-electron chi connectivity index (χ1n) is 4.93. The molecule has 6 nitrogen and oxygen atoms in total. The zero-order valence-electron chi connectivity index (χ0n) is 9.00. The van der Waals surface area contributed by atoms with Gasteiger partial charge >= 0.3 is 5.69 Å². The molecular formula is C11H12N2O4. The first-order chi connectivity index (χ1) is 8.10. The van der Waals surface area contributed by atoms with Crippen molar-refractivity contribution < 1.29 is 14.8 Å². The average Bonchev–Trinajstić information content (AvgIpc) is 2.30. The van der Waals surface area contributed by atoms with Crippen molar-refractivity contribution in [1.82, 2.24) is 0 Å². The summed E-state index contributed by atoms with van der Waals surface area (Å²) >= 11 is 0. The van der Waals surface area contributed by atoms with Gasteiger partial charge < -0.3 is 10.8 Å². The van der Waals surface area contributed by atoms with Crippen LogP contribution in [-0.4, -0.2) is 22.9 Å². The number of carbonyl (C=O) groups is 1. The summed E-state index contributed by atoms with van der Waals surface area (Å²) in [6.45, 7) is 0.469. The number of carbonyl (C=O) groups excluding carboxylic acids is 1. The van der Waals surface area contributed by atoms with Gasteiger partial charge in [-0.3, -0.25) is 14.9 Å².